The van der Waals surface area contributed by atoms with E-state index in [0.29, 0.717) is 18.0 Å². The Morgan fingerprint density at radius 2 is 1.89 bits per heavy atom. The highest BCUT2D eigenvalue weighted by atomic mass is 35.5. The van der Waals surface area contributed by atoms with Gasteiger partial charge >= 0.3 is 0 Å². The molecule has 1 amide bonds. The Morgan fingerprint density at radius 1 is 1.28 bits per heavy atom. The molecule has 18 heavy (non-hydrogen) atoms. The number of carbonyl (C=O) groups is 1. The van der Waals surface area contributed by atoms with Gasteiger partial charge in [0, 0.05) is 0 Å². The molecule has 1 aromatic rings. The number of aromatic nitrogens is 2. The molecule has 0 aliphatic carbocycles. The minimum Gasteiger partial charge on any atom is -0.345 e. The summed E-state index contributed by atoms with van der Waals surface area (Å²) in [7, 11) is 0. The maximum Gasteiger partial charge on any atom is 0.233 e. The molecule has 0 radical (unpaired) electrons. The van der Waals surface area contributed by atoms with Crippen molar-refractivity contribution in [2.45, 2.75) is 51.5 Å². The highest BCUT2D eigenvalue weighted by molar-refractivity contribution is 6.29. The number of fused-ring (bicyclic) bond motifs is 1. The molecule has 0 fully saturated rings. The number of rotatable bonds is 2. The molecule has 2 heterocycles. The van der Waals surface area contributed by atoms with Crippen molar-refractivity contribution in [3.05, 3.63) is 22.7 Å². The fourth-order valence-electron chi connectivity index (χ4n) is 2.63. The molecule has 0 aromatic carbocycles. The van der Waals surface area contributed by atoms with Crippen molar-refractivity contribution >= 4 is 17.5 Å². The maximum absolute atomic E-state index is 12.4. The Morgan fingerprint density at radius 3 is 2.44 bits per heavy atom. The molecule has 0 saturated heterocycles. The zero-order valence-electron chi connectivity index (χ0n) is 11.2. The van der Waals surface area contributed by atoms with Crippen LogP contribution in [0.3, 0.4) is 0 Å². The molecule has 0 spiro atoms. The first-order chi connectivity index (χ1) is 8.37. The van der Waals surface area contributed by atoms with Crippen LogP contribution in [0.15, 0.2) is 6.20 Å². The first-order valence-corrected chi connectivity index (χ1v) is 6.61. The second kappa shape index (κ2) is 4.19. The Bertz CT molecular complexity index is 495. The summed E-state index contributed by atoms with van der Waals surface area (Å²) in [6.07, 6.45) is 2.91. The molecule has 1 aromatic heterocycles. The number of amides is 1. The van der Waals surface area contributed by atoms with Gasteiger partial charge in [-0.05, 0) is 26.7 Å². The number of hydrogen-bond acceptors (Lipinski definition) is 3. The van der Waals surface area contributed by atoms with Crippen LogP contribution >= 0.6 is 11.6 Å². The lowest BCUT2D eigenvalue weighted by atomic mass is 9.71. The number of nitrogens with one attached hydrogen (secondary N) is 1. The van der Waals surface area contributed by atoms with Crippen LogP contribution in [0.25, 0.3) is 0 Å². The number of hydrogen-bond donors (Lipinski definition) is 1. The average Bonchev–Trinajstić information content (AvgIpc) is 2.29. The molecule has 4 nitrogen and oxygen atoms in total. The van der Waals surface area contributed by atoms with Gasteiger partial charge < -0.3 is 5.32 Å². The Hall–Kier alpha value is -1.16. The standard InChI is InChI=1S/C13H18ClN3O/c1-5-13(6-2)10-9(15-7-8(14)16-10)12(3,4)17-11(13)18/h7H,5-6H2,1-4H3,(H,17,18). The van der Waals surface area contributed by atoms with Crippen molar-refractivity contribution in [2.75, 3.05) is 0 Å². The summed E-state index contributed by atoms with van der Waals surface area (Å²) >= 11 is 5.95. The van der Waals surface area contributed by atoms with E-state index in [1.54, 1.807) is 0 Å². The highest BCUT2D eigenvalue weighted by Gasteiger charge is 2.49. The summed E-state index contributed by atoms with van der Waals surface area (Å²) in [4.78, 5) is 21.2. The van der Waals surface area contributed by atoms with E-state index in [-0.39, 0.29) is 5.91 Å². The Kier molecular flexibility index (Phi) is 3.09. The van der Waals surface area contributed by atoms with E-state index in [9.17, 15) is 4.79 Å². The van der Waals surface area contributed by atoms with E-state index in [0.717, 1.165) is 11.4 Å². The molecule has 1 aliphatic rings. The highest BCUT2D eigenvalue weighted by Crippen LogP contribution is 2.40. The third-order valence-corrected chi connectivity index (χ3v) is 4.04. The van der Waals surface area contributed by atoms with E-state index in [1.807, 2.05) is 27.7 Å². The van der Waals surface area contributed by atoms with Gasteiger partial charge in [0.25, 0.3) is 0 Å². The molecule has 0 unspecified atom stereocenters. The van der Waals surface area contributed by atoms with Crippen LogP contribution in [0.5, 0.6) is 0 Å². The number of nitrogens with zero attached hydrogens (tertiary/aromatic N) is 2. The second-order valence-corrected chi connectivity index (χ2v) is 5.65. The largest absolute Gasteiger partial charge is 0.345 e. The van der Waals surface area contributed by atoms with Crippen LogP contribution in [0.4, 0.5) is 0 Å². The minimum atomic E-state index is -0.608. The van der Waals surface area contributed by atoms with Crippen LogP contribution in [0.2, 0.25) is 5.15 Å². The zero-order chi connectivity index (χ0) is 13.6. The third kappa shape index (κ3) is 1.70. The van der Waals surface area contributed by atoms with Gasteiger partial charge in [0.15, 0.2) is 0 Å². The van der Waals surface area contributed by atoms with E-state index in [2.05, 4.69) is 15.3 Å². The van der Waals surface area contributed by atoms with Gasteiger partial charge in [0.2, 0.25) is 5.91 Å². The average molecular weight is 268 g/mol. The van der Waals surface area contributed by atoms with Gasteiger partial charge in [-0.3, -0.25) is 9.78 Å². The molecule has 1 N–H and O–H groups in total. The predicted molar refractivity (Wildman–Crippen MR) is 70.5 cm³/mol. The van der Waals surface area contributed by atoms with Crippen molar-refractivity contribution in [3.8, 4) is 0 Å². The van der Waals surface area contributed by atoms with Crippen LogP contribution < -0.4 is 5.32 Å². The predicted octanol–water partition coefficient (Wildman–Crippen LogP) is 2.55. The van der Waals surface area contributed by atoms with Crippen LogP contribution in [-0.2, 0) is 15.7 Å². The van der Waals surface area contributed by atoms with Crippen molar-refractivity contribution in [2.24, 2.45) is 0 Å². The second-order valence-electron chi connectivity index (χ2n) is 5.26. The molecule has 2 rings (SSSR count). The van der Waals surface area contributed by atoms with Gasteiger partial charge in [-0.2, -0.15) is 0 Å². The van der Waals surface area contributed by atoms with Crippen LogP contribution in [0, 0.1) is 0 Å². The van der Waals surface area contributed by atoms with Crippen molar-refractivity contribution < 1.29 is 4.79 Å². The summed E-state index contributed by atoms with van der Waals surface area (Å²) in [5, 5.41) is 3.38. The van der Waals surface area contributed by atoms with Gasteiger partial charge in [-0.25, -0.2) is 4.98 Å². The van der Waals surface area contributed by atoms with Gasteiger partial charge in [0.05, 0.1) is 28.5 Å². The SMILES string of the molecule is CCC1(CC)C(=O)NC(C)(C)c2ncc(Cl)nc21. The Balaban J connectivity index is 2.75. The Labute approximate surface area is 112 Å². The smallest absolute Gasteiger partial charge is 0.233 e. The lowest BCUT2D eigenvalue weighted by Gasteiger charge is -2.42. The molecular formula is C13H18ClN3O. The molecule has 5 heteroatoms. The van der Waals surface area contributed by atoms with Gasteiger partial charge in [0.1, 0.15) is 5.15 Å². The van der Waals surface area contributed by atoms with E-state index in [4.69, 9.17) is 11.6 Å². The minimum absolute atomic E-state index is 0.0153. The topological polar surface area (TPSA) is 54.9 Å². The summed E-state index contributed by atoms with van der Waals surface area (Å²) < 4.78 is 0. The fourth-order valence-corrected chi connectivity index (χ4v) is 2.77. The molecule has 0 saturated carbocycles. The fraction of sp³-hybridized carbons (Fsp3) is 0.615. The summed E-state index contributed by atoms with van der Waals surface area (Å²) in [5.74, 6) is 0.0153. The van der Waals surface area contributed by atoms with Gasteiger partial charge in [-0.1, -0.05) is 25.4 Å². The number of carbonyl (C=O) groups excluding carboxylic acids is 1. The van der Waals surface area contributed by atoms with E-state index in [1.165, 1.54) is 6.20 Å². The zero-order valence-corrected chi connectivity index (χ0v) is 11.9. The van der Waals surface area contributed by atoms with Gasteiger partial charge in [-0.15, -0.1) is 0 Å². The molecule has 1 aliphatic heterocycles. The van der Waals surface area contributed by atoms with E-state index >= 15 is 0 Å². The van der Waals surface area contributed by atoms with Crippen LogP contribution in [0.1, 0.15) is 51.9 Å². The summed E-state index contributed by atoms with van der Waals surface area (Å²) in [6, 6.07) is 0. The quantitative estimate of drug-likeness (QED) is 0.896. The first-order valence-electron chi connectivity index (χ1n) is 6.23. The first kappa shape index (κ1) is 13.3. The molecule has 98 valence electrons. The van der Waals surface area contributed by atoms with Crippen molar-refractivity contribution in [1.29, 1.82) is 0 Å². The summed E-state index contributed by atoms with van der Waals surface area (Å²) in [6.45, 7) is 7.85. The van der Waals surface area contributed by atoms with E-state index < -0.39 is 11.0 Å². The number of halogens is 1. The monoisotopic (exact) mass is 267 g/mol. The third-order valence-electron chi connectivity index (χ3n) is 3.86. The van der Waals surface area contributed by atoms with Crippen LogP contribution in [-0.4, -0.2) is 15.9 Å². The molecular weight excluding hydrogens is 250 g/mol. The molecule has 0 bridgehead atoms. The molecule has 0 atom stereocenters. The lowest BCUT2D eigenvalue weighted by Crippen LogP contribution is -2.57. The summed E-state index contributed by atoms with van der Waals surface area (Å²) in [5.41, 5.74) is 0.435. The van der Waals surface area contributed by atoms with Crippen molar-refractivity contribution in [1.82, 2.24) is 15.3 Å². The lowest BCUT2D eigenvalue weighted by molar-refractivity contribution is -0.130. The normalized spacial score (nSPS) is 20.2. The van der Waals surface area contributed by atoms with Crippen molar-refractivity contribution in [3.63, 3.8) is 0 Å². The maximum atomic E-state index is 12.4.